The lowest BCUT2D eigenvalue weighted by Gasteiger charge is -2.29. The highest BCUT2D eigenvalue weighted by atomic mass is 32.2. The molecule has 0 radical (unpaired) electrons. The van der Waals surface area contributed by atoms with Crippen molar-refractivity contribution in [2.24, 2.45) is 5.92 Å². The minimum atomic E-state index is -4.12. The number of fused-ring (bicyclic) bond motifs is 1. The number of aromatic nitrogens is 1. The predicted octanol–water partition coefficient (Wildman–Crippen LogP) is 0.716. The van der Waals surface area contributed by atoms with Gasteiger partial charge in [-0.15, -0.1) is 0 Å². The van der Waals surface area contributed by atoms with Crippen LogP contribution in [0.1, 0.15) is 37.0 Å². The number of likely N-dealkylation sites (tertiary alicyclic amines) is 1. The van der Waals surface area contributed by atoms with Crippen LogP contribution in [0.15, 0.2) is 53.7 Å². The van der Waals surface area contributed by atoms with Gasteiger partial charge in [0.1, 0.15) is 22.7 Å². The van der Waals surface area contributed by atoms with E-state index in [0.29, 0.717) is 22.5 Å². The van der Waals surface area contributed by atoms with Gasteiger partial charge in [-0.3, -0.25) is 14.4 Å². The number of ketones is 1. The first-order valence-electron chi connectivity index (χ1n) is 12.0. The van der Waals surface area contributed by atoms with Crippen LogP contribution >= 0.6 is 0 Å². The number of amides is 2. The molecule has 1 aromatic heterocycles. The summed E-state index contributed by atoms with van der Waals surface area (Å²) in [6.07, 6.45) is 2.73. The fraction of sp³-hybridized carbons (Fsp3) is 0.440. The Hall–Kier alpha value is -3.51. The summed E-state index contributed by atoms with van der Waals surface area (Å²) in [6, 6.07) is 6.52. The van der Waals surface area contributed by atoms with Crippen LogP contribution in [0.5, 0.6) is 5.75 Å². The van der Waals surface area contributed by atoms with Crippen LogP contribution in [0, 0.1) is 11.1 Å². The third-order valence-corrected chi connectivity index (χ3v) is 8.53. The van der Waals surface area contributed by atoms with E-state index in [1.807, 2.05) is 13.8 Å². The second-order valence-corrected chi connectivity index (χ2v) is 11.5. The summed E-state index contributed by atoms with van der Waals surface area (Å²) in [5.74, 6) is -0.594. The number of rotatable bonds is 8. The second-order valence-electron chi connectivity index (χ2n) is 9.63. The molecule has 37 heavy (non-hydrogen) atoms. The normalized spacial score (nSPS) is 20.6. The molecule has 2 aliphatic heterocycles. The maximum absolute atomic E-state index is 13.6. The van der Waals surface area contributed by atoms with Gasteiger partial charge in [-0.25, -0.2) is 8.42 Å². The molecule has 0 bridgehead atoms. The van der Waals surface area contributed by atoms with Gasteiger partial charge in [-0.05, 0) is 49.1 Å². The highest BCUT2D eigenvalue weighted by Gasteiger charge is 2.54. The van der Waals surface area contributed by atoms with Gasteiger partial charge in [0.2, 0.25) is 15.9 Å². The largest absolute Gasteiger partial charge is 0.619 e. The second kappa shape index (κ2) is 10.5. The lowest BCUT2D eigenvalue weighted by atomic mass is 10.0. The summed E-state index contributed by atoms with van der Waals surface area (Å²) in [7, 11) is -2.60. The Kier molecular flexibility index (Phi) is 7.51. The average molecular weight is 531 g/mol. The zero-order chi connectivity index (χ0) is 26.9. The van der Waals surface area contributed by atoms with Crippen molar-refractivity contribution in [1.29, 1.82) is 0 Å². The van der Waals surface area contributed by atoms with E-state index in [-0.39, 0.29) is 30.3 Å². The lowest BCUT2D eigenvalue weighted by molar-refractivity contribution is -0.607. The topological polar surface area (TPSA) is 140 Å². The molecule has 3 atom stereocenters. The highest BCUT2D eigenvalue weighted by Crippen LogP contribution is 2.34. The molecule has 3 unspecified atom stereocenters. The molecule has 1 aromatic carbocycles. The quantitative estimate of drug-likeness (QED) is 0.392. The Labute approximate surface area is 215 Å². The Bertz CT molecular complexity index is 1300. The smallest absolute Gasteiger partial charge is 0.251 e. The molecule has 2 fully saturated rings. The highest BCUT2D eigenvalue weighted by molar-refractivity contribution is 7.89. The summed E-state index contributed by atoms with van der Waals surface area (Å²) < 4.78 is 33.0. The van der Waals surface area contributed by atoms with Gasteiger partial charge < -0.3 is 20.2 Å². The fourth-order valence-electron chi connectivity index (χ4n) is 4.94. The van der Waals surface area contributed by atoms with E-state index in [1.54, 1.807) is 24.3 Å². The van der Waals surface area contributed by atoms with Crippen molar-refractivity contribution in [3.8, 4) is 5.75 Å². The molecular weight excluding hydrogens is 500 g/mol. The van der Waals surface area contributed by atoms with E-state index in [9.17, 15) is 28.0 Å². The number of nitrogens with zero attached hydrogens (tertiary/aromatic N) is 3. The van der Waals surface area contributed by atoms with E-state index in [0.717, 1.165) is 10.5 Å². The van der Waals surface area contributed by atoms with Gasteiger partial charge in [-0.2, -0.15) is 9.04 Å². The number of ether oxygens (including phenoxy) is 1. The van der Waals surface area contributed by atoms with Crippen molar-refractivity contribution in [2.45, 2.75) is 49.7 Å². The number of Topliss-reactive ketones (excluding diaryl/α,β-unsaturated/α-hetero) is 1. The first-order chi connectivity index (χ1) is 17.5. The third-order valence-electron chi connectivity index (χ3n) is 6.68. The SMILES string of the molecule is COc1ccc(C(=O)NC(CC(C)C)C(=O)N2CCC3C2C(=O)CN3S(=O)(=O)c2ccc[n+]([O-])c2)cc1. The number of nitrogens with one attached hydrogen (secondary N) is 1. The predicted molar refractivity (Wildman–Crippen MR) is 132 cm³/mol. The molecule has 2 aliphatic rings. The average Bonchev–Trinajstić information content (AvgIpc) is 3.44. The number of carbonyl (C=O) groups excluding carboxylic acids is 3. The van der Waals surface area contributed by atoms with Crippen LogP contribution in [0.3, 0.4) is 0 Å². The number of hydrogen-bond acceptors (Lipinski definition) is 7. The standard InChI is InChI=1S/C25H30N4O7S/c1-16(2)13-20(26-24(31)17-6-8-18(36-3)9-7-17)25(32)28-12-10-21-23(28)22(30)15-29(21)37(34,35)19-5-4-11-27(33)14-19/h4-9,11,14,16,20-21,23H,10,12-13,15H2,1-3H3,(H,26,31). The summed E-state index contributed by atoms with van der Waals surface area (Å²) in [5, 5.41) is 14.4. The maximum Gasteiger partial charge on any atom is 0.251 e. The van der Waals surface area contributed by atoms with Gasteiger partial charge >= 0.3 is 0 Å². The Balaban J connectivity index is 1.54. The summed E-state index contributed by atoms with van der Waals surface area (Å²) in [5.41, 5.74) is 0.356. The molecule has 2 saturated heterocycles. The molecule has 3 heterocycles. The third kappa shape index (κ3) is 5.30. The van der Waals surface area contributed by atoms with E-state index in [4.69, 9.17) is 4.74 Å². The van der Waals surface area contributed by atoms with Crippen molar-refractivity contribution in [2.75, 3.05) is 20.2 Å². The molecular formula is C25H30N4O7S. The molecule has 1 N–H and O–H groups in total. The van der Waals surface area contributed by atoms with Gasteiger partial charge in [0.05, 0.1) is 19.7 Å². The molecule has 12 heteroatoms. The summed E-state index contributed by atoms with van der Waals surface area (Å²) in [6.45, 7) is 3.63. The Morgan fingerprint density at radius 2 is 1.92 bits per heavy atom. The number of carbonyl (C=O) groups is 3. The molecule has 0 saturated carbocycles. The molecule has 4 rings (SSSR count). The molecule has 0 aliphatic carbocycles. The van der Waals surface area contributed by atoms with E-state index < -0.39 is 45.7 Å². The van der Waals surface area contributed by atoms with Crippen LogP contribution in [-0.4, -0.2) is 73.5 Å². The van der Waals surface area contributed by atoms with Crippen molar-refractivity contribution >= 4 is 27.6 Å². The van der Waals surface area contributed by atoms with Crippen molar-refractivity contribution < 1.29 is 32.3 Å². The molecule has 0 spiro atoms. The first kappa shape index (κ1) is 26.6. The molecule has 2 amide bonds. The lowest BCUT2D eigenvalue weighted by Crippen LogP contribution is -2.53. The Morgan fingerprint density at radius 3 is 2.54 bits per heavy atom. The zero-order valence-electron chi connectivity index (χ0n) is 20.9. The van der Waals surface area contributed by atoms with Gasteiger partial charge in [0.25, 0.3) is 5.91 Å². The maximum atomic E-state index is 13.6. The zero-order valence-corrected chi connectivity index (χ0v) is 21.7. The van der Waals surface area contributed by atoms with Crippen LogP contribution in [0.4, 0.5) is 0 Å². The van der Waals surface area contributed by atoms with E-state index in [2.05, 4.69) is 5.32 Å². The van der Waals surface area contributed by atoms with Crippen molar-refractivity contribution in [3.05, 3.63) is 59.6 Å². The van der Waals surface area contributed by atoms with Gasteiger partial charge in [0.15, 0.2) is 18.2 Å². The van der Waals surface area contributed by atoms with Crippen LogP contribution in [0.25, 0.3) is 0 Å². The molecule has 11 nitrogen and oxygen atoms in total. The number of hydrogen-bond donors (Lipinski definition) is 1. The number of sulfonamides is 1. The van der Waals surface area contributed by atoms with E-state index >= 15 is 0 Å². The molecule has 198 valence electrons. The van der Waals surface area contributed by atoms with Gasteiger partial charge in [-0.1, -0.05) is 13.8 Å². The summed E-state index contributed by atoms with van der Waals surface area (Å²) >= 11 is 0. The molecule has 2 aromatic rings. The number of pyridine rings is 1. The fourth-order valence-corrected chi connectivity index (χ4v) is 6.57. The van der Waals surface area contributed by atoms with Crippen LogP contribution in [-0.2, 0) is 19.6 Å². The van der Waals surface area contributed by atoms with Crippen molar-refractivity contribution in [1.82, 2.24) is 14.5 Å². The minimum absolute atomic E-state index is 0.0662. The van der Waals surface area contributed by atoms with Crippen molar-refractivity contribution in [3.63, 3.8) is 0 Å². The summed E-state index contributed by atoms with van der Waals surface area (Å²) in [4.78, 5) is 40.7. The van der Waals surface area contributed by atoms with E-state index in [1.165, 1.54) is 30.3 Å². The minimum Gasteiger partial charge on any atom is -0.619 e. The van der Waals surface area contributed by atoms with Crippen LogP contribution in [0.2, 0.25) is 0 Å². The van der Waals surface area contributed by atoms with Gasteiger partial charge in [0, 0.05) is 18.2 Å². The number of methoxy groups -OCH3 is 1. The first-order valence-corrected chi connectivity index (χ1v) is 13.5. The monoisotopic (exact) mass is 530 g/mol. The Morgan fingerprint density at radius 1 is 1.22 bits per heavy atom. The van der Waals surface area contributed by atoms with Crippen LogP contribution < -0.4 is 14.8 Å². The number of benzene rings is 1.